The number of nitrogens with one attached hydrogen (secondary N) is 1. The Morgan fingerprint density at radius 2 is 1.89 bits per heavy atom. The van der Waals surface area contributed by atoms with Crippen molar-refractivity contribution >= 4 is 27.4 Å². The highest BCUT2D eigenvalue weighted by atomic mass is 32.2. The number of hydrogen-bond acceptors (Lipinski definition) is 3. The third-order valence-corrected chi connectivity index (χ3v) is 4.49. The molecule has 1 fully saturated rings. The molecule has 10 heteroatoms. The predicted octanol–water partition coefficient (Wildman–Crippen LogP) is 0.914. The van der Waals surface area contributed by atoms with Gasteiger partial charge in [0.2, 0.25) is 0 Å². The van der Waals surface area contributed by atoms with Crippen molar-refractivity contribution in [2.45, 2.75) is 37.9 Å². The van der Waals surface area contributed by atoms with Gasteiger partial charge in [0, 0.05) is 6.04 Å². The summed E-state index contributed by atoms with van der Waals surface area (Å²) in [5.41, 5.74) is 5.31. The normalized spacial score (nSPS) is 18.1. The zero-order valence-electron chi connectivity index (χ0n) is 10.1. The lowest BCUT2D eigenvalue weighted by Crippen LogP contribution is -2.50. The second kappa shape index (κ2) is 6.33. The highest BCUT2D eigenvalue weighted by Crippen LogP contribution is 2.25. The molecular weight excluding hydrogens is 303 g/mol. The van der Waals surface area contributed by atoms with Crippen molar-refractivity contribution in [1.29, 1.82) is 0 Å². The minimum Gasteiger partial charge on any atom is -0.392 e. The molecule has 0 unspecified atom stereocenters. The number of alkyl halides is 3. The van der Waals surface area contributed by atoms with E-state index in [1.54, 1.807) is 0 Å². The zero-order chi connectivity index (χ0) is 14.7. The zero-order valence-corrected chi connectivity index (χ0v) is 11.7. The van der Waals surface area contributed by atoms with Crippen LogP contribution in [0.1, 0.15) is 25.7 Å². The molecule has 0 amide bonds. The van der Waals surface area contributed by atoms with Crippen LogP contribution in [0.3, 0.4) is 0 Å². The summed E-state index contributed by atoms with van der Waals surface area (Å²) < 4.78 is 62.6. The van der Waals surface area contributed by atoms with E-state index >= 15 is 0 Å². The van der Waals surface area contributed by atoms with Gasteiger partial charge in [0.1, 0.15) is 6.54 Å². The number of hydrogen-bond donors (Lipinski definition) is 2. The maximum absolute atomic E-state index is 12.1. The minimum absolute atomic E-state index is 0.0655. The van der Waals surface area contributed by atoms with Crippen molar-refractivity contribution in [2.24, 2.45) is 5.73 Å². The van der Waals surface area contributed by atoms with Gasteiger partial charge >= 0.3 is 6.18 Å². The Balaban J connectivity index is 2.79. The number of rotatable bonds is 6. The van der Waals surface area contributed by atoms with Crippen molar-refractivity contribution in [1.82, 2.24) is 9.03 Å². The van der Waals surface area contributed by atoms with E-state index in [0.717, 1.165) is 17.1 Å². The Morgan fingerprint density at radius 1 is 1.37 bits per heavy atom. The van der Waals surface area contributed by atoms with Crippen LogP contribution in [0.15, 0.2) is 0 Å². The molecule has 1 rings (SSSR count). The summed E-state index contributed by atoms with van der Waals surface area (Å²) in [7, 11) is -4.24. The third kappa shape index (κ3) is 5.59. The number of halogens is 3. The van der Waals surface area contributed by atoms with Crippen LogP contribution in [0.4, 0.5) is 13.2 Å². The number of thiocarbonyl (C=S) groups is 1. The first-order valence-corrected chi connectivity index (χ1v) is 7.58. The standard InChI is InChI=1S/C9H16F3N3O2S2/c10-9(11,12)6-14-19(16,17)15(5-8(13)18)7-3-1-2-4-7/h7,14H,1-6H2,(H2,13,18). The number of nitrogens with zero attached hydrogens (tertiary/aromatic N) is 1. The Labute approximate surface area is 115 Å². The summed E-state index contributed by atoms with van der Waals surface area (Å²) >= 11 is 4.66. The summed E-state index contributed by atoms with van der Waals surface area (Å²) in [5.74, 6) is 0. The van der Waals surface area contributed by atoms with E-state index in [0.29, 0.717) is 12.8 Å². The SMILES string of the molecule is NC(=S)CN(C1CCCC1)S(=O)(=O)NCC(F)(F)F. The van der Waals surface area contributed by atoms with Gasteiger partial charge in [-0.1, -0.05) is 25.1 Å². The molecule has 0 atom stereocenters. The molecule has 1 saturated carbocycles. The molecule has 0 aromatic rings. The smallest absolute Gasteiger partial charge is 0.392 e. The quantitative estimate of drug-likeness (QED) is 0.714. The van der Waals surface area contributed by atoms with Gasteiger partial charge in [-0.05, 0) is 12.8 Å². The second-order valence-corrected chi connectivity index (χ2v) is 6.62. The molecule has 5 nitrogen and oxygen atoms in total. The fraction of sp³-hybridized carbons (Fsp3) is 0.889. The van der Waals surface area contributed by atoms with E-state index in [1.165, 1.54) is 4.72 Å². The Hall–Kier alpha value is -0.450. The van der Waals surface area contributed by atoms with Gasteiger partial charge in [0.05, 0.1) is 11.5 Å². The molecule has 112 valence electrons. The summed E-state index contributed by atoms with van der Waals surface area (Å²) in [6.45, 7) is -1.84. The molecule has 0 heterocycles. The van der Waals surface area contributed by atoms with Crippen LogP contribution in [-0.2, 0) is 10.2 Å². The van der Waals surface area contributed by atoms with Gasteiger partial charge in [-0.25, -0.2) is 0 Å². The highest BCUT2D eigenvalue weighted by molar-refractivity contribution is 7.87. The molecular formula is C9H16F3N3O2S2. The molecule has 0 aliphatic heterocycles. The van der Waals surface area contributed by atoms with E-state index in [-0.39, 0.29) is 17.6 Å². The molecule has 19 heavy (non-hydrogen) atoms. The van der Waals surface area contributed by atoms with Crippen LogP contribution in [0.2, 0.25) is 0 Å². The third-order valence-electron chi connectivity index (χ3n) is 2.81. The Bertz CT molecular complexity index is 419. The van der Waals surface area contributed by atoms with Crippen LogP contribution >= 0.6 is 12.2 Å². The van der Waals surface area contributed by atoms with Crippen molar-refractivity contribution in [3.05, 3.63) is 0 Å². The maximum atomic E-state index is 12.1. The van der Waals surface area contributed by atoms with E-state index in [4.69, 9.17) is 5.73 Å². The van der Waals surface area contributed by atoms with Crippen LogP contribution < -0.4 is 10.5 Å². The van der Waals surface area contributed by atoms with Crippen LogP contribution in [-0.4, -0.2) is 43.0 Å². The maximum Gasteiger partial charge on any atom is 0.402 e. The molecule has 1 aliphatic rings. The summed E-state index contributed by atoms with van der Waals surface area (Å²) in [5, 5.41) is 0. The lowest BCUT2D eigenvalue weighted by atomic mass is 10.2. The average Bonchev–Trinajstić information content (AvgIpc) is 2.75. The fourth-order valence-corrected chi connectivity index (χ4v) is 3.66. The Kier molecular flexibility index (Phi) is 5.53. The van der Waals surface area contributed by atoms with Crippen LogP contribution in [0, 0.1) is 0 Å². The van der Waals surface area contributed by atoms with E-state index < -0.39 is 22.9 Å². The first-order chi connectivity index (χ1) is 8.62. The largest absolute Gasteiger partial charge is 0.402 e. The highest BCUT2D eigenvalue weighted by Gasteiger charge is 2.36. The van der Waals surface area contributed by atoms with Gasteiger partial charge in [-0.15, -0.1) is 0 Å². The molecule has 0 spiro atoms. The van der Waals surface area contributed by atoms with Gasteiger partial charge in [-0.2, -0.15) is 30.6 Å². The number of nitrogens with two attached hydrogens (primary N) is 1. The molecule has 0 radical (unpaired) electrons. The first-order valence-electron chi connectivity index (χ1n) is 5.73. The van der Waals surface area contributed by atoms with E-state index in [2.05, 4.69) is 12.2 Å². The van der Waals surface area contributed by atoms with Gasteiger partial charge in [0.15, 0.2) is 0 Å². The van der Waals surface area contributed by atoms with Gasteiger partial charge in [0.25, 0.3) is 10.2 Å². The van der Waals surface area contributed by atoms with E-state index in [9.17, 15) is 21.6 Å². The summed E-state index contributed by atoms with van der Waals surface area (Å²) in [6.07, 6.45) is -1.71. The van der Waals surface area contributed by atoms with Gasteiger partial charge < -0.3 is 5.73 Å². The molecule has 0 aromatic heterocycles. The van der Waals surface area contributed by atoms with Gasteiger partial charge in [-0.3, -0.25) is 0 Å². The van der Waals surface area contributed by atoms with Crippen molar-refractivity contribution in [3.8, 4) is 0 Å². The predicted molar refractivity (Wildman–Crippen MR) is 68.7 cm³/mol. The summed E-state index contributed by atoms with van der Waals surface area (Å²) in [6, 6.07) is -0.341. The lowest BCUT2D eigenvalue weighted by Gasteiger charge is -2.27. The lowest BCUT2D eigenvalue weighted by molar-refractivity contribution is -0.121. The monoisotopic (exact) mass is 319 g/mol. The topological polar surface area (TPSA) is 75.4 Å². The Morgan fingerprint density at radius 3 is 2.32 bits per heavy atom. The first kappa shape index (κ1) is 16.6. The van der Waals surface area contributed by atoms with E-state index in [1.807, 2.05) is 0 Å². The average molecular weight is 319 g/mol. The minimum atomic E-state index is -4.60. The molecule has 0 aromatic carbocycles. The molecule has 3 N–H and O–H groups in total. The van der Waals surface area contributed by atoms with Crippen LogP contribution in [0.25, 0.3) is 0 Å². The molecule has 0 bridgehead atoms. The van der Waals surface area contributed by atoms with Crippen molar-refractivity contribution in [2.75, 3.05) is 13.1 Å². The fourth-order valence-electron chi connectivity index (χ4n) is 2.01. The second-order valence-electron chi connectivity index (χ2n) is 4.39. The summed E-state index contributed by atoms with van der Waals surface area (Å²) in [4.78, 5) is -0.0655. The molecule has 1 aliphatic carbocycles. The van der Waals surface area contributed by atoms with Crippen molar-refractivity contribution < 1.29 is 21.6 Å². The molecule has 0 saturated heterocycles. The van der Waals surface area contributed by atoms with Crippen molar-refractivity contribution in [3.63, 3.8) is 0 Å². The van der Waals surface area contributed by atoms with Crippen LogP contribution in [0.5, 0.6) is 0 Å².